The normalized spacial score (nSPS) is 10.9. The van der Waals surface area contributed by atoms with Crippen LogP contribution in [0.3, 0.4) is 0 Å². The minimum Gasteiger partial charge on any atom is -0.461 e. The van der Waals surface area contributed by atoms with Gasteiger partial charge < -0.3 is 9.26 Å². The first-order chi connectivity index (χ1) is 9.69. The number of aryl methyl sites for hydroxylation is 1. The number of H-pyrrole nitrogens is 1. The molecule has 6 nitrogen and oxygen atoms in total. The van der Waals surface area contributed by atoms with Crippen molar-refractivity contribution in [3.05, 3.63) is 35.7 Å². The molecule has 2 heterocycles. The fourth-order valence-electron chi connectivity index (χ4n) is 2.00. The van der Waals surface area contributed by atoms with Gasteiger partial charge in [0.15, 0.2) is 11.5 Å². The van der Waals surface area contributed by atoms with Crippen molar-refractivity contribution >= 4 is 16.9 Å². The second kappa shape index (κ2) is 4.80. The second-order valence-electron chi connectivity index (χ2n) is 4.38. The largest absolute Gasteiger partial charge is 0.461 e. The van der Waals surface area contributed by atoms with Gasteiger partial charge >= 0.3 is 5.97 Å². The number of hydrogen-bond donors (Lipinski definition) is 1. The summed E-state index contributed by atoms with van der Waals surface area (Å²) in [5, 5.41) is 11.8. The first-order valence-electron chi connectivity index (χ1n) is 6.28. The number of hydrogen-bond acceptors (Lipinski definition) is 5. The Kier molecular flexibility index (Phi) is 2.98. The van der Waals surface area contributed by atoms with Crippen LogP contribution in [0.2, 0.25) is 0 Å². The standard InChI is InChI=1S/C14H13N3O3/c1-3-19-14(18)12-7-13(20-17-12)9-4-5-11-10(6-9)8(2)15-16-11/h4-7H,3H2,1-2H3,(H,15,16). The van der Waals surface area contributed by atoms with Crippen molar-refractivity contribution in [1.29, 1.82) is 0 Å². The molecule has 0 saturated heterocycles. The summed E-state index contributed by atoms with van der Waals surface area (Å²) < 4.78 is 10.1. The molecule has 0 fully saturated rings. The van der Waals surface area contributed by atoms with Crippen LogP contribution in [0, 0.1) is 6.92 Å². The van der Waals surface area contributed by atoms with Crippen LogP contribution in [0.4, 0.5) is 0 Å². The first kappa shape index (κ1) is 12.4. The Labute approximate surface area is 114 Å². The van der Waals surface area contributed by atoms with E-state index in [4.69, 9.17) is 9.26 Å². The average molecular weight is 271 g/mol. The number of rotatable bonds is 3. The number of carbonyl (C=O) groups excluding carboxylic acids is 1. The lowest BCUT2D eigenvalue weighted by atomic mass is 10.1. The number of benzene rings is 1. The van der Waals surface area contributed by atoms with E-state index < -0.39 is 5.97 Å². The van der Waals surface area contributed by atoms with Gasteiger partial charge in [0, 0.05) is 22.7 Å². The highest BCUT2D eigenvalue weighted by atomic mass is 16.5. The van der Waals surface area contributed by atoms with E-state index in [2.05, 4.69) is 15.4 Å². The molecule has 0 aliphatic rings. The predicted molar refractivity (Wildman–Crippen MR) is 72.3 cm³/mol. The van der Waals surface area contributed by atoms with Gasteiger partial charge in [-0.1, -0.05) is 5.16 Å². The lowest BCUT2D eigenvalue weighted by Crippen LogP contribution is -2.04. The molecule has 0 bridgehead atoms. The summed E-state index contributed by atoms with van der Waals surface area (Å²) in [6.07, 6.45) is 0. The predicted octanol–water partition coefficient (Wildman–Crippen LogP) is 2.70. The Morgan fingerprint density at radius 1 is 1.40 bits per heavy atom. The maximum atomic E-state index is 11.6. The number of aromatic nitrogens is 3. The molecule has 0 unspecified atom stereocenters. The van der Waals surface area contributed by atoms with Gasteiger partial charge in [-0.25, -0.2) is 4.79 Å². The zero-order valence-electron chi connectivity index (χ0n) is 11.1. The number of fused-ring (bicyclic) bond motifs is 1. The molecule has 0 radical (unpaired) electrons. The average Bonchev–Trinajstić information content (AvgIpc) is 3.06. The Bertz CT molecular complexity index is 773. The molecule has 0 saturated carbocycles. The lowest BCUT2D eigenvalue weighted by molar-refractivity contribution is 0.0514. The van der Waals surface area contributed by atoms with Crippen LogP contribution in [-0.4, -0.2) is 27.9 Å². The quantitative estimate of drug-likeness (QED) is 0.741. The first-order valence-corrected chi connectivity index (χ1v) is 6.28. The lowest BCUT2D eigenvalue weighted by Gasteiger charge is -1.96. The van der Waals surface area contributed by atoms with Crippen LogP contribution in [0.1, 0.15) is 23.1 Å². The van der Waals surface area contributed by atoms with Crippen molar-refractivity contribution < 1.29 is 14.1 Å². The maximum absolute atomic E-state index is 11.6. The van der Waals surface area contributed by atoms with Crippen LogP contribution >= 0.6 is 0 Å². The Morgan fingerprint density at radius 2 is 2.25 bits per heavy atom. The number of ether oxygens (including phenoxy) is 1. The molecule has 0 spiro atoms. The Hall–Kier alpha value is -2.63. The molecule has 3 aromatic rings. The van der Waals surface area contributed by atoms with Crippen LogP contribution in [-0.2, 0) is 4.74 Å². The monoisotopic (exact) mass is 271 g/mol. The second-order valence-corrected chi connectivity index (χ2v) is 4.38. The fourth-order valence-corrected chi connectivity index (χ4v) is 2.00. The van der Waals surface area contributed by atoms with Crippen LogP contribution in [0.15, 0.2) is 28.8 Å². The van der Waals surface area contributed by atoms with Crippen molar-refractivity contribution in [2.75, 3.05) is 6.61 Å². The highest BCUT2D eigenvalue weighted by Crippen LogP contribution is 2.25. The van der Waals surface area contributed by atoms with E-state index in [1.807, 2.05) is 25.1 Å². The molecule has 0 aliphatic heterocycles. The maximum Gasteiger partial charge on any atom is 0.360 e. The SMILES string of the molecule is CCOC(=O)c1cc(-c2ccc3n[nH]c(C)c3c2)on1. The number of carbonyl (C=O) groups is 1. The fraction of sp³-hybridized carbons (Fsp3) is 0.214. The van der Waals surface area contributed by atoms with Crippen molar-refractivity contribution in [1.82, 2.24) is 15.4 Å². The van der Waals surface area contributed by atoms with Gasteiger partial charge in [0.1, 0.15) is 0 Å². The van der Waals surface area contributed by atoms with Crippen molar-refractivity contribution in [2.45, 2.75) is 13.8 Å². The van der Waals surface area contributed by atoms with E-state index in [1.54, 1.807) is 13.0 Å². The molecule has 1 aromatic carbocycles. The van der Waals surface area contributed by atoms with Crippen LogP contribution in [0.5, 0.6) is 0 Å². The number of nitrogens with zero attached hydrogens (tertiary/aromatic N) is 2. The van der Waals surface area contributed by atoms with E-state index in [0.29, 0.717) is 12.4 Å². The Morgan fingerprint density at radius 3 is 3.05 bits per heavy atom. The summed E-state index contributed by atoms with van der Waals surface area (Å²) in [5.74, 6) is 0.0404. The topological polar surface area (TPSA) is 81.0 Å². The number of nitrogens with one attached hydrogen (secondary N) is 1. The van der Waals surface area contributed by atoms with Crippen LogP contribution in [0.25, 0.3) is 22.2 Å². The molecule has 102 valence electrons. The van der Waals surface area contributed by atoms with Gasteiger partial charge in [-0.2, -0.15) is 5.10 Å². The van der Waals surface area contributed by atoms with Crippen molar-refractivity contribution in [3.63, 3.8) is 0 Å². The molecular formula is C14H13N3O3. The third-order valence-corrected chi connectivity index (χ3v) is 3.02. The molecule has 0 amide bonds. The van der Waals surface area contributed by atoms with Gasteiger partial charge in [-0.05, 0) is 32.0 Å². The zero-order valence-corrected chi connectivity index (χ0v) is 11.1. The highest BCUT2D eigenvalue weighted by molar-refractivity contribution is 5.89. The van der Waals surface area contributed by atoms with E-state index in [1.165, 1.54) is 0 Å². The van der Waals surface area contributed by atoms with Gasteiger partial charge in [-0.3, -0.25) is 5.10 Å². The van der Waals surface area contributed by atoms with Gasteiger partial charge in [-0.15, -0.1) is 0 Å². The Balaban J connectivity index is 1.98. The van der Waals surface area contributed by atoms with E-state index in [-0.39, 0.29) is 5.69 Å². The summed E-state index contributed by atoms with van der Waals surface area (Å²) in [5.41, 5.74) is 2.87. The molecule has 20 heavy (non-hydrogen) atoms. The van der Waals surface area contributed by atoms with Gasteiger partial charge in [0.05, 0.1) is 12.1 Å². The molecule has 2 aromatic heterocycles. The molecule has 1 N–H and O–H groups in total. The van der Waals surface area contributed by atoms with E-state index in [9.17, 15) is 4.79 Å². The summed E-state index contributed by atoms with van der Waals surface area (Å²) in [6, 6.07) is 7.29. The summed E-state index contributed by atoms with van der Waals surface area (Å²) in [4.78, 5) is 11.6. The molecular weight excluding hydrogens is 258 g/mol. The summed E-state index contributed by atoms with van der Waals surface area (Å²) in [6.45, 7) is 4.00. The minimum absolute atomic E-state index is 0.172. The highest BCUT2D eigenvalue weighted by Gasteiger charge is 2.15. The van der Waals surface area contributed by atoms with Crippen LogP contribution < -0.4 is 0 Å². The van der Waals surface area contributed by atoms with Gasteiger partial charge in [0.2, 0.25) is 0 Å². The molecule has 0 atom stereocenters. The molecule has 6 heteroatoms. The third-order valence-electron chi connectivity index (χ3n) is 3.02. The third kappa shape index (κ3) is 2.05. The van der Waals surface area contributed by atoms with Crippen molar-refractivity contribution in [2.24, 2.45) is 0 Å². The van der Waals surface area contributed by atoms with E-state index in [0.717, 1.165) is 22.2 Å². The summed E-state index contributed by atoms with van der Waals surface area (Å²) >= 11 is 0. The van der Waals surface area contributed by atoms with Crippen molar-refractivity contribution in [3.8, 4) is 11.3 Å². The summed E-state index contributed by atoms with van der Waals surface area (Å²) in [7, 11) is 0. The number of esters is 1. The van der Waals surface area contributed by atoms with Gasteiger partial charge in [0.25, 0.3) is 0 Å². The zero-order chi connectivity index (χ0) is 14.1. The number of aromatic amines is 1. The smallest absolute Gasteiger partial charge is 0.360 e. The van der Waals surface area contributed by atoms with E-state index >= 15 is 0 Å². The minimum atomic E-state index is -0.483. The molecule has 0 aliphatic carbocycles. The molecule has 3 rings (SSSR count).